The lowest BCUT2D eigenvalue weighted by Crippen LogP contribution is -2.47. The van der Waals surface area contributed by atoms with E-state index in [1.165, 1.54) is 6.08 Å². The van der Waals surface area contributed by atoms with Gasteiger partial charge in [-0.25, -0.2) is 4.39 Å². The average Bonchev–Trinajstić information content (AvgIpc) is 2.14. The second-order valence-electron chi connectivity index (χ2n) is 3.30. The van der Waals surface area contributed by atoms with Crippen molar-refractivity contribution < 1.29 is 14.6 Å². The second kappa shape index (κ2) is 6.07. The van der Waals surface area contributed by atoms with E-state index in [1.807, 2.05) is 6.92 Å². The Morgan fingerprint density at radius 3 is 2.38 bits per heavy atom. The molecule has 0 spiro atoms. The summed E-state index contributed by atoms with van der Waals surface area (Å²) in [5.74, 6) is -0.368. The third-order valence-corrected chi connectivity index (χ3v) is 1.81. The van der Waals surface area contributed by atoms with Gasteiger partial charge in [-0.1, -0.05) is 19.4 Å². The van der Waals surface area contributed by atoms with Gasteiger partial charge < -0.3 is 15.9 Å². The molecule has 0 aromatic rings. The molecule has 0 aromatic carbocycles. The van der Waals surface area contributed by atoms with Crippen LogP contribution in [0, 0.1) is 0 Å². The van der Waals surface area contributed by atoms with E-state index in [2.05, 4.69) is 0 Å². The molecule has 0 saturated carbocycles. The fourth-order valence-corrected chi connectivity index (χ4v) is 0.871. The largest absolute Gasteiger partial charge is 0.394 e. The number of hydrogen-bond acceptors (Lipinski definition) is 3. The van der Waals surface area contributed by atoms with E-state index in [-0.39, 0.29) is 12.2 Å². The molecule has 0 amide bonds. The van der Waals surface area contributed by atoms with Gasteiger partial charge in [0.2, 0.25) is 0 Å². The monoisotopic (exact) mass is 191 g/mol. The van der Waals surface area contributed by atoms with Crippen LogP contribution < -0.4 is 5.73 Å². The minimum atomic E-state index is -1.23. The molecule has 0 atom stereocenters. The summed E-state index contributed by atoms with van der Waals surface area (Å²) in [5, 5.41) is 17.6. The lowest BCUT2D eigenvalue weighted by molar-refractivity contribution is 0.116. The molecule has 4 N–H and O–H groups in total. The number of allylic oxidation sites excluding steroid dienone is 1. The summed E-state index contributed by atoms with van der Waals surface area (Å²) in [5.41, 5.74) is 4.26. The second-order valence-corrected chi connectivity index (χ2v) is 3.30. The van der Waals surface area contributed by atoms with Gasteiger partial charge in [-0.05, 0) is 6.42 Å². The van der Waals surface area contributed by atoms with Gasteiger partial charge in [-0.2, -0.15) is 0 Å². The number of nitrogens with two attached hydrogens (primary N) is 1. The number of halogens is 1. The van der Waals surface area contributed by atoms with Crippen LogP contribution in [0.5, 0.6) is 0 Å². The third kappa shape index (κ3) is 4.98. The van der Waals surface area contributed by atoms with Crippen molar-refractivity contribution in [3.63, 3.8) is 0 Å². The Morgan fingerprint density at radius 2 is 2.00 bits per heavy atom. The summed E-state index contributed by atoms with van der Waals surface area (Å²) in [6.07, 6.45) is 2.84. The van der Waals surface area contributed by atoms with Crippen LogP contribution >= 0.6 is 0 Å². The van der Waals surface area contributed by atoms with Gasteiger partial charge in [0.1, 0.15) is 0 Å². The van der Waals surface area contributed by atoms with Gasteiger partial charge >= 0.3 is 0 Å². The molecular formula is C9H18FNO2. The third-order valence-electron chi connectivity index (χ3n) is 1.81. The van der Waals surface area contributed by atoms with Crippen molar-refractivity contribution in [3.8, 4) is 0 Å². The standard InChI is InChI=1S/C9H18FNO2/c1-2-3-4-8(10)5-9(11,6-12)7-13/h4,12-13H,2-3,5-7,11H2,1H3. The van der Waals surface area contributed by atoms with E-state index in [1.54, 1.807) is 0 Å². The molecule has 0 heterocycles. The normalized spacial score (nSPS) is 13.5. The van der Waals surface area contributed by atoms with Crippen molar-refractivity contribution in [2.75, 3.05) is 13.2 Å². The molecule has 0 saturated heterocycles. The maximum atomic E-state index is 13.0. The van der Waals surface area contributed by atoms with Gasteiger partial charge in [-0.15, -0.1) is 0 Å². The van der Waals surface area contributed by atoms with Crippen molar-refractivity contribution in [2.45, 2.75) is 31.7 Å². The Morgan fingerprint density at radius 1 is 1.46 bits per heavy atom. The summed E-state index contributed by atoms with van der Waals surface area (Å²) in [7, 11) is 0. The highest BCUT2D eigenvalue weighted by Gasteiger charge is 2.24. The van der Waals surface area contributed by atoms with Gasteiger partial charge in [0, 0.05) is 6.42 Å². The van der Waals surface area contributed by atoms with E-state index in [0.29, 0.717) is 6.42 Å². The molecule has 0 aliphatic rings. The van der Waals surface area contributed by atoms with Crippen LogP contribution in [0.2, 0.25) is 0 Å². The number of hydrogen-bond donors (Lipinski definition) is 3. The maximum Gasteiger partial charge on any atom is 0.0979 e. The lowest BCUT2D eigenvalue weighted by atomic mass is 9.98. The maximum absolute atomic E-state index is 13.0. The zero-order chi connectivity index (χ0) is 10.3. The summed E-state index contributed by atoms with van der Waals surface area (Å²) < 4.78 is 13.0. The van der Waals surface area contributed by atoms with E-state index < -0.39 is 18.8 Å². The predicted molar refractivity (Wildman–Crippen MR) is 49.8 cm³/mol. The van der Waals surface area contributed by atoms with Crippen molar-refractivity contribution >= 4 is 0 Å². The summed E-state index contributed by atoms with van der Waals surface area (Å²) in [4.78, 5) is 0. The molecule has 0 aromatic heterocycles. The van der Waals surface area contributed by atoms with Crippen LogP contribution in [0.15, 0.2) is 11.9 Å². The predicted octanol–water partition coefficient (Wildman–Crippen LogP) is 0.712. The minimum absolute atomic E-state index is 0.111. The highest BCUT2D eigenvalue weighted by Crippen LogP contribution is 2.15. The molecule has 0 radical (unpaired) electrons. The van der Waals surface area contributed by atoms with Crippen LogP contribution in [0.25, 0.3) is 0 Å². The Labute approximate surface area is 78.1 Å². The Bertz CT molecular complexity index is 167. The first-order valence-electron chi connectivity index (χ1n) is 4.43. The Balaban J connectivity index is 4.08. The molecule has 0 rings (SSSR count). The molecule has 13 heavy (non-hydrogen) atoms. The minimum Gasteiger partial charge on any atom is -0.394 e. The summed E-state index contributed by atoms with van der Waals surface area (Å²) in [6.45, 7) is 1.10. The van der Waals surface area contributed by atoms with Crippen molar-refractivity contribution in [2.24, 2.45) is 5.73 Å². The van der Waals surface area contributed by atoms with E-state index >= 15 is 0 Å². The summed E-state index contributed by atoms with van der Waals surface area (Å²) in [6, 6.07) is 0. The molecular weight excluding hydrogens is 173 g/mol. The quantitative estimate of drug-likeness (QED) is 0.579. The molecule has 0 aliphatic heterocycles. The first-order chi connectivity index (χ1) is 6.08. The fraction of sp³-hybridized carbons (Fsp3) is 0.778. The topological polar surface area (TPSA) is 66.5 Å². The van der Waals surface area contributed by atoms with Crippen LogP contribution in [-0.2, 0) is 0 Å². The van der Waals surface area contributed by atoms with E-state index in [0.717, 1.165) is 6.42 Å². The van der Waals surface area contributed by atoms with Crippen LogP contribution in [-0.4, -0.2) is 29.0 Å². The zero-order valence-corrected chi connectivity index (χ0v) is 7.96. The Hall–Kier alpha value is -0.450. The first kappa shape index (κ1) is 12.6. The Kier molecular flexibility index (Phi) is 5.86. The highest BCUT2D eigenvalue weighted by molar-refractivity contribution is 5.00. The molecule has 3 nitrogen and oxygen atoms in total. The van der Waals surface area contributed by atoms with Gasteiger partial charge in [0.05, 0.1) is 24.6 Å². The molecule has 78 valence electrons. The molecule has 0 bridgehead atoms. The van der Waals surface area contributed by atoms with Crippen LogP contribution in [0.1, 0.15) is 26.2 Å². The van der Waals surface area contributed by atoms with Crippen molar-refractivity contribution in [1.82, 2.24) is 0 Å². The van der Waals surface area contributed by atoms with Gasteiger partial charge in [0.15, 0.2) is 0 Å². The highest BCUT2D eigenvalue weighted by atomic mass is 19.1. The SMILES string of the molecule is CCCC=C(F)CC(N)(CO)CO. The smallest absolute Gasteiger partial charge is 0.0979 e. The van der Waals surface area contributed by atoms with E-state index in [9.17, 15) is 4.39 Å². The number of aliphatic hydroxyl groups is 2. The molecule has 4 heteroatoms. The number of unbranched alkanes of at least 4 members (excludes halogenated alkanes) is 1. The molecule has 0 fully saturated rings. The van der Waals surface area contributed by atoms with Gasteiger partial charge in [0.25, 0.3) is 0 Å². The molecule has 0 aliphatic carbocycles. The van der Waals surface area contributed by atoms with Crippen molar-refractivity contribution in [1.29, 1.82) is 0 Å². The number of aliphatic hydroxyl groups excluding tert-OH is 2. The zero-order valence-electron chi connectivity index (χ0n) is 7.96. The molecule has 0 unspecified atom stereocenters. The first-order valence-corrected chi connectivity index (χ1v) is 4.43. The van der Waals surface area contributed by atoms with Gasteiger partial charge in [-0.3, -0.25) is 0 Å². The van der Waals surface area contributed by atoms with E-state index in [4.69, 9.17) is 15.9 Å². The summed E-state index contributed by atoms with van der Waals surface area (Å²) >= 11 is 0. The fourth-order valence-electron chi connectivity index (χ4n) is 0.871. The van der Waals surface area contributed by atoms with Crippen LogP contribution in [0.4, 0.5) is 4.39 Å². The number of rotatable bonds is 6. The van der Waals surface area contributed by atoms with Crippen LogP contribution in [0.3, 0.4) is 0 Å². The lowest BCUT2D eigenvalue weighted by Gasteiger charge is -2.23. The van der Waals surface area contributed by atoms with Crippen molar-refractivity contribution in [3.05, 3.63) is 11.9 Å². The average molecular weight is 191 g/mol.